The summed E-state index contributed by atoms with van der Waals surface area (Å²) < 4.78 is 0. The molecule has 2 nitrogen and oxygen atoms in total. The van der Waals surface area contributed by atoms with Crippen molar-refractivity contribution in [1.29, 1.82) is 0 Å². The maximum atomic E-state index is 5.29. The van der Waals surface area contributed by atoms with Gasteiger partial charge in [-0.3, -0.25) is 0 Å². The summed E-state index contributed by atoms with van der Waals surface area (Å²) in [5, 5.41) is 2.19. The lowest BCUT2D eigenvalue weighted by molar-refractivity contribution is 1.01. The van der Waals surface area contributed by atoms with Crippen molar-refractivity contribution in [1.82, 2.24) is 9.97 Å². The fourth-order valence-corrected chi connectivity index (χ4v) is 3.48. The Hall–Kier alpha value is -1.05. The highest BCUT2D eigenvalue weighted by Crippen LogP contribution is 2.34. The fourth-order valence-electron chi connectivity index (χ4n) is 1.53. The van der Waals surface area contributed by atoms with Crippen LogP contribution < -0.4 is 0 Å². The fraction of sp³-hybridized carbons (Fsp3) is 0.333. The minimum absolute atomic E-state index is 0.653. The van der Waals surface area contributed by atoms with Gasteiger partial charge in [-0.05, 0) is 26.3 Å². The van der Waals surface area contributed by atoms with Gasteiger partial charge in [0.2, 0.25) is 0 Å². The third kappa shape index (κ3) is 1.93. The van der Waals surface area contributed by atoms with Crippen molar-refractivity contribution in [3.8, 4) is 12.3 Å². The molecule has 0 atom stereocenters. The quantitative estimate of drug-likeness (QED) is 0.463. The van der Waals surface area contributed by atoms with Crippen LogP contribution in [0.1, 0.15) is 16.3 Å². The first-order valence-corrected chi connectivity index (χ1v) is 6.74. The van der Waals surface area contributed by atoms with Crippen LogP contribution in [0.3, 0.4) is 0 Å². The van der Waals surface area contributed by atoms with Crippen LogP contribution >= 0.6 is 23.1 Å². The lowest BCUT2D eigenvalue weighted by atomic mass is 10.2. The van der Waals surface area contributed by atoms with Gasteiger partial charge >= 0.3 is 0 Å². The van der Waals surface area contributed by atoms with E-state index in [0.29, 0.717) is 5.75 Å². The smallest absolute Gasteiger partial charge is 0.128 e. The number of thiophene rings is 1. The first-order chi connectivity index (χ1) is 7.63. The molecule has 0 spiro atoms. The van der Waals surface area contributed by atoms with E-state index in [-0.39, 0.29) is 0 Å². The van der Waals surface area contributed by atoms with Crippen molar-refractivity contribution in [2.24, 2.45) is 0 Å². The van der Waals surface area contributed by atoms with Gasteiger partial charge in [-0.15, -0.1) is 17.8 Å². The molecule has 2 rings (SSSR count). The van der Waals surface area contributed by atoms with Gasteiger partial charge in [0.1, 0.15) is 15.7 Å². The highest BCUT2D eigenvalue weighted by molar-refractivity contribution is 7.99. The van der Waals surface area contributed by atoms with E-state index in [1.54, 1.807) is 23.1 Å². The number of hydrogen-bond donors (Lipinski definition) is 0. The van der Waals surface area contributed by atoms with Crippen LogP contribution in [0.5, 0.6) is 0 Å². The Morgan fingerprint density at radius 1 is 1.31 bits per heavy atom. The van der Waals surface area contributed by atoms with Crippen LogP contribution in [0, 0.1) is 33.1 Å². The van der Waals surface area contributed by atoms with Crippen LogP contribution in [0.2, 0.25) is 0 Å². The molecule has 0 bridgehead atoms. The summed E-state index contributed by atoms with van der Waals surface area (Å²) in [6.45, 7) is 6.16. The summed E-state index contributed by atoms with van der Waals surface area (Å²) in [7, 11) is 0. The average Bonchev–Trinajstić information content (AvgIpc) is 2.51. The number of hydrogen-bond acceptors (Lipinski definition) is 4. The van der Waals surface area contributed by atoms with Crippen LogP contribution in [0.25, 0.3) is 10.2 Å². The Kier molecular flexibility index (Phi) is 3.17. The Labute approximate surface area is 104 Å². The molecule has 0 amide bonds. The van der Waals surface area contributed by atoms with Crippen molar-refractivity contribution < 1.29 is 0 Å². The van der Waals surface area contributed by atoms with Gasteiger partial charge < -0.3 is 0 Å². The monoisotopic (exact) mass is 248 g/mol. The minimum Gasteiger partial charge on any atom is -0.226 e. The highest BCUT2D eigenvalue weighted by atomic mass is 32.2. The zero-order valence-electron chi connectivity index (χ0n) is 9.50. The normalized spacial score (nSPS) is 10.6. The number of nitrogens with zero attached hydrogens (tertiary/aromatic N) is 2. The van der Waals surface area contributed by atoms with Gasteiger partial charge in [-0.1, -0.05) is 17.7 Å². The van der Waals surface area contributed by atoms with Gasteiger partial charge in [-0.25, -0.2) is 9.97 Å². The van der Waals surface area contributed by atoms with Gasteiger partial charge in [0.25, 0.3) is 0 Å². The topological polar surface area (TPSA) is 25.8 Å². The zero-order chi connectivity index (χ0) is 11.7. The molecule has 2 aromatic heterocycles. The summed E-state index contributed by atoms with van der Waals surface area (Å²) >= 11 is 3.34. The Morgan fingerprint density at radius 2 is 2.06 bits per heavy atom. The van der Waals surface area contributed by atoms with E-state index in [9.17, 15) is 0 Å². The third-order valence-electron chi connectivity index (χ3n) is 2.40. The van der Waals surface area contributed by atoms with Crippen molar-refractivity contribution >= 4 is 33.3 Å². The summed E-state index contributed by atoms with van der Waals surface area (Å²) in [6.07, 6.45) is 5.29. The van der Waals surface area contributed by atoms with Crippen LogP contribution in [-0.2, 0) is 0 Å². The molecule has 0 fully saturated rings. The molecular weight excluding hydrogens is 236 g/mol. The molecule has 0 aliphatic heterocycles. The molecule has 0 saturated heterocycles. The molecule has 0 unspecified atom stereocenters. The predicted molar refractivity (Wildman–Crippen MR) is 71.2 cm³/mol. The number of aryl methyl sites for hydroxylation is 3. The van der Waals surface area contributed by atoms with E-state index in [4.69, 9.17) is 6.42 Å². The number of aromatic nitrogens is 2. The molecular formula is C12H12N2S2. The van der Waals surface area contributed by atoms with Gasteiger partial charge in [0, 0.05) is 10.3 Å². The van der Waals surface area contributed by atoms with E-state index in [0.717, 1.165) is 15.7 Å². The molecule has 0 aromatic carbocycles. The highest BCUT2D eigenvalue weighted by Gasteiger charge is 2.13. The molecule has 82 valence electrons. The second-order valence-corrected chi connectivity index (χ2v) is 5.70. The molecule has 16 heavy (non-hydrogen) atoms. The van der Waals surface area contributed by atoms with Crippen molar-refractivity contribution in [2.45, 2.75) is 25.8 Å². The SMILES string of the molecule is C#CCSc1nc(C)nc2sc(C)c(C)c12. The van der Waals surface area contributed by atoms with Crippen LogP contribution in [0.15, 0.2) is 5.03 Å². The number of rotatable bonds is 2. The van der Waals surface area contributed by atoms with Crippen LogP contribution in [0.4, 0.5) is 0 Å². The molecule has 0 saturated carbocycles. The summed E-state index contributed by atoms with van der Waals surface area (Å²) in [6, 6.07) is 0. The summed E-state index contributed by atoms with van der Waals surface area (Å²) in [4.78, 5) is 11.3. The molecule has 0 aliphatic carbocycles. The van der Waals surface area contributed by atoms with Gasteiger partial charge in [0.05, 0.1) is 5.75 Å². The average molecular weight is 248 g/mol. The predicted octanol–water partition coefficient (Wildman–Crippen LogP) is 3.34. The number of terminal acetylenes is 1. The standard InChI is InChI=1S/C12H12N2S2/c1-5-6-15-11-10-7(2)8(3)16-12(10)14-9(4)13-11/h1H,6H2,2-4H3. The van der Waals surface area contributed by atoms with Crippen LogP contribution in [-0.4, -0.2) is 15.7 Å². The molecule has 2 aromatic rings. The summed E-state index contributed by atoms with van der Waals surface area (Å²) in [5.41, 5.74) is 1.28. The second kappa shape index (κ2) is 4.44. The second-order valence-electron chi connectivity index (χ2n) is 3.53. The molecule has 0 aliphatic rings. The summed E-state index contributed by atoms with van der Waals surface area (Å²) in [5.74, 6) is 4.10. The third-order valence-corrected chi connectivity index (χ3v) is 4.38. The van der Waals surface area contributed by atoms with E-state index in [2.05, 4.69) is 29.7 Å². The molecule has 4 heteroatoms. The van der Waals surface area contributed by atoms with E-state index < -0.39 is 0 Å². The number of fused-ring (bicyclic) bond motifs is 1. The van der Waals surface area contributed by atoms with Gasteiger partial charge in [0.15, 0.2) is 0 Å². The Balaban J connectivity index is 2.66. The van der Waals surface area contributed by atoms with Crippen molar-refractivity contribution in [3.63, 3.8) is 0 Å². The Bertz CT molecular complexity index is 579. The Morgan fingerprint density at radius 3 is 2.75 bits per heavy atom. The lowest BCUT2D eigenvalue weighted by Gasteiger charge is -2.02. The minimum atomic E-state index is 0.653. The van der Waals surface area contributed by atoms with Gasteiger partial charge in [-0.2, -0.15) is 0 Å². The number of thioether (sulfide) groups is 1. The van der Waals surface area contributed by atoms with E-state index in [1.165, 1.54) is 15.8 Å². The molecule has 2 heterocycles. The first kappa shape index (κ1) is 11.4. The van der Waals surface area contributed by atoms with E-state index >= 15 is 0 Å². The largest absolute Gasteiger partial charge is 0.226 e. The van der Waals surface area contributed by atoms with Crippen molar-refractivity contribution in [3.05, 3.63) is 16.3 Å². The zero-order valence-corrected chi connectivity index (χ0v) is 11.1. The first-order valence-electron chi connectivity index (χ1n) is 4.94. The molecule has 0 N–H and O–H groups in total. The van der Waals surface area contributed by atoms with E-state index in [1.807, 2.05) is 6.92 Å². The lowest BCUT2D eigenvalue weighted by Crippen LogP contribution is -1.91. The van der Waals surface area contributed by atoms with Crippen molar-refractivity contribution in [2.75, 3.05) is 5.75 Å². The maximum absolute atomic E-state index is 5.29. The maximum Gasteiger partial charge on any atom is 0.128 e. The molecule has 0 radical (unpaired) electrons.